The number of carbonyl (C=O) groups is 2. The highest BCUT2D eigenvalue weighted by Gasteiger charge is 2.36. The standard InChI is InChI=1S/C9H3Cl3O3/c1-2-5(10)3-4(7(12)6(2)11)9(14)15-8(3)13/h1H3. The van der Waals surface area contributed by atoms with Gasteiger partial charge in [-0.25, -0.2) is 9.59 Å². The Hall–Kier alpha value is -0.770. The first-order valence-corrected chi connectivity index (χ1v) is 5.02. The van der Waals surface area contributed by atoms with Crippen molar-refractivity contribution in [2.75, 3.05) is 0 Å². The Morgan fingerprint density at radius 3 is 1.87 bits per heavy atom. The van der Waals surface area contributed by atoms with Gasteiger partial charge in [0, 0.05) is 0 Å². The number of ether oxygens (including phenoxy) is 1. The molecule has 0 unspecified atom stereocenters. The molecule has 1 aliphatic rings. The molecular formula is C9H3Cl3O3. The van der Waals surface area contributed by atoms with Crippen LogP contribution in [0.1, 0.15) is 26.3 Å². The zero-order valence-corrected chi connectivity index (χ0v) is 9.63. The van der Waals surface area contributed by atoms with Crippen molar-refractivity contribution in [1.29, 1.82) is 0 Å². The monoisotopic (exact) mass is 264 g/mol. The molecule has 15 heavy (non-hydrogen) atoms. The smallest absolute Gasteiger partial charge is 0.348 e. The Morgan fingerprint density at radius 1 is 0.867 bits per heavy atom. The van der Waals surface area contributed by atoms with E-state index in [0.29, 0.717) is 5.56 Å². The van der Waals surface area contributed by atoms with Crippen LogP contribution in [-0.4, -0.2) is 11.9 Å². The SMILES string of the molecule is Cc1c(Cl)c(Cl)c2c(c1Cl)C(=O)OC2=O. The van der Waals surface area contributed by atoms with Crippen molar-refractivity contribution in [2.45, 2.75) is 6.92 Å². The van der Waals surface area contributed by atoms with Crippen molar-refractivity contribution in [3.05, 3.63) is 31.8 Å². The molecule has 0 saturated heterocycles. The fraction of sp³-hybridized carbons (Fsp3) is 0.111. The molecule has 0 aliphatic carbocycles. The van der Waals surface area contributed by atoms with Gasteiger partial charge in [0.15, 0.2) is 0 Å². The summed E-state index contributed by atoms with van der Waals surface area (Å²) in [4.78, 5) is 22.6. The lowest BCUT2D eigenvalue weighted by Gasteiger charge is -2.06. The van der Waals surface area contributed by atoms with Gasteiger partial charge < -0.3 is 4.74 Å². The molecular weight excluding hydrogens is 262 g/mol. The second-order valence-electron chi connectivity index (χ2n) is 2.99. The van der Waals surface area contributed by atoms with Gasteiger partial charge in [-0.15, -0.1) is 0 Å². The first kappa shape index (κ1) is 10.7. The van der Waals surface area contributed by atoms with Crippen LogP contribution in [0.25, 0.3) is 0 Å². The van der Waals surface area contributed by atoms with Crippen molar-refractivity contribution in [2.24, 2.45) is 0 Å². The Balaban J connectivity index is 2.92. The summed E-state index contributed by atoms with van der Waals surface area (Å²) >= 11 is 17.6. The average Bonchev–Trinajstić information content (AvgIpc) is 2.47. The lowest BCUT2D eigenvalue weighted by molar-refractivity contribution is 0.0444. The van der Waals surface area contributed by atoms with Crippen LogP contribution in [0, 0.1) is 6.92 Å². The summed E-state index contributed by atoms with van der Waals surface area (Å²) in [6.45, 7) is 1.60. The van der Waals surface area contributed by atoms with E-state index >= 15 is 0 Å². The van der Waals surface area contributed by atoms with Crippen LogP contribution in [0.3, 0.4) is 0 Å². The van der Waals surface area contributed by atoms with Gasteiger partial charge in [-0.2, -0.15) is 0 Å². The molecule has 1 aromatic carbocycles. The van der Waals surface area contributed by atoms with Gasteiger partial charge in [0.1, 0.15) is 0 Å². The van der Waals surface area contributed by atoms with Crippen LogP contribution < -0.4 is 0 Å². The van der Waals surface area contributed by atoms with E-state index in [0.717, 1.165) is 0 Å². The number of hydrogen-bond donors (Lipinski definition) is 0. The normalized spacial score (nSPS) is 14.1. The summed E-state index contributed by atoms with van der Waals surface area (Å²) in [6, 6.07) is 0. The Morgan fingerprint density at radius 2 is 1.33 bits per heavy atom. The Bertz CT molecular complexity index is 463. The summed E-state index contributed by atoms with van der Waals surface area (Å²) in [7, 11) is 0. The lowest BCUT2D eigenvalue weighted by atomic mass is 10.1. The van der Waals surface area contributed by atoms with E-state index in [4.69, 9.17) is 34.8 Å². The fourth-order valence-corrected chi connectivity index (χ4v) is 2.16. The maximum absolute atomic E-state index is 11.3. The molecule has 3 nitrogen and oxygen atoms in total. The minimum absolute atomic E-state index is 0.00409. The van der Waals surface area contributed by atoms with E-state index in [-0.39, 0.29) is 26.2 Å². The van der Waals surface area contributed by atoms with Crippen molar-refractivity contribution in [3.63, 3.8) is 0 Å². The van der Waals surface area contributed by atoms with E-state index in [9.17, 15) is 9.59 Å². The maximum Gasteiger partial charge on any atom is 0.348 e. The molecule has 0 bridgehead atoms. The molecule has 0 radical (unpaired) electrons. The van der Waals surface area contributed by atoms with Gasteiger partial charge in [0.05, 0.1) is 26.2 Å². The van der Waals surface area contributed by atoms with Crippen molar-refractivity contribution in [3.8, 4) is 0 Å². The molecule has 0 spiro atoms. The van der Waals surface area contributed by atoms with Crippen LogP contribution in [0.2, 0.25) is 15.1 Å². The molecule has 1 aliphatic heterocycles. The predicted octanol–water partition coefficient (Wildman–Crippen LogP) is 3.27. The van der Waals surface area contributed by atoms with Crippen LogP contribution in [0.5, 0.6) is 0 Å². The number of cyclic esters (lactones) is 2. The Kier molecular flexibility index (Phi) is 2.41. The van der Waals surface area contributed by atoms with Crippen LogP contribution in [-0.2, 0) is 4.74 Å². The topological polar surface area (TPSA) is 43.4 Å². The van der Waals surface area contributed by atoms with Crippen molar-refractivity contribution >= 4 is 46.7 Å². The van der Waals surface area contributed by atoms with Gasteiger partial charge in [-0.05, 0) is 12.5 Å². The third-order valence-electron chi connectivity index (χ3n) is 2.13. The van der Waals surface area contributed by atoms with Crippen LogP contribution in [0.4, 0.5) is 0 Å². The third-order valence-corrected chi connectivity index (χ3v) is 3.55. The molecule has 0 atom stereocenters. The zero-order valence-electron chi connectivity index (χ0n) is 7.36. The highest BCUT2D eigenvalue weighted by Crippen LogP contribution is 2.40. The zero-order chi connectivity index (χ0) is 11.3. The fourth-order valence-electron chi connectivity index (χ4n) is 1.35. The molecule has 0 saturated carbocycles. The second-order valence-corrected chi connectivity index (χ2v) is 4.13. The molecule has 1 aromatic rings. The number of benzene rings is 1. The van der Waals surface area contributed by atoms with E-state index in [2.05, 4.69) is 4.74 Å². The number of esters is 2. The van der Waals surface area contributed by atoms with Gasteiger partial charge >= 0.3 is 11.9 Å². The van der Waals surface area contributed by atoms with Gasteiger partial charge in [-0.3, -0.25) is 0 Å². The van der Waals surface area contributed by atoms with Gasteiger partial charge in [0.2, 0.25) is 0 Å². The number of carbonyl (C=O) groups excluding carboxylic acids is 2. The van der Waals surface area contributed by atoms with Crippen LogP contribution in [0.15, 0.2) is 0 Å². The van der Waals surface area contributed by atoms with E-state index in [1.165, 1.54) is 0 Å². The van der Waals surface area contributed by atoms with Gasteiger partial charge in [0.25, 0.3) is 0 Å². The summed E-state index contributed by atoms with van der Waals surface area (Å²) in [6.07, 6.45) is 0. The first-order chi connectivity index (χ1) is 6.95. The van der Waals surface area contributed by atoms with Crippen molar-refractivity contribution in [1.82, 2.24) is 0 Å². The quantitative estimate of drug-likeness (QED) is 0.411. The molecule has 1 heterocycles. The van der Waals surface area contributed by atoms with Crippen molar-refractivity contribution < 1.29 is 14.3 Å². The number of fused-ring (bicyclic) bond motifs is 1. The maximum atomic E-state index is 11.3. The lowest BCUT2D eigenvalue weighted by Crippen LogP contribution is -1.97. The molecule has 78 valence electrons. The average molecular weight is 265 g/mol. The highest BCUT2D eigenvalue weighted by molar-refractivity contribution is 6.48. The molecule has 0 aromatic heterocycles. The number of rotatable bonds is 0. The van der Waals surface area contributed by atoms with E-state index in [1.54, 1.807) is 6.92 Å². The molecule has 0 fully saturated rings. The molecule has 0 N–H and O–H groups in total. The van der Waals surface area contributed by atoms with E-state index in [1.807, 2.05) is 0 Å². The number of halogens is 3. The summed E-state index contributed by atoms with van der Waals surface area (Å²) < 4.78 is 4.40. The third kappa shape index (κ3) is 1.34. The predicted molar refractivity (Wildman–Crippen MR) is 56.0 cm³/mol. The first-order valence-electron chi connectivity index (χ1n) is 3.88. The summed E-state index contributed by atoms with van der Waals surface area (Å²) in [5, 5.41) is 0.270. The highest BCUT2D eigenvalue weighted by atomic mass is 35.5. The number of hydrogen-bond acceptors (Lipinski definition) is 3. The largest absolute Gasteiger partial charge is 0.386 e. The minimum atomic E-state index is -0.816. The molecule has 0 amide bonds. The summed E-state index contributed by atoms with van der Waals surface area (Å²) in [5.41, 5.74) is 0.393. The molecule has 2 rings (SSSR count). The Labute approximate surface area is 99.9 Å². The van der Waals surface area contributed by atoms with Crippen LogP contribution >= 0.6 is 34.8 Å². The minimum Gasteiger partial charge on any atom is -0.386 e. The van der Waals surface area contributed by atoms with E-state index < -0.39 is 11.9 Å². The molecule has 6 heteroatoms. The second kappa shape index (κ2) is 3.37. The summed E-state index contributed by atoms with van der Waals surface area (Å²) in [5.74, 6) is -1.61. The van der Waals surface area contributed by atoms with Gasteiger partial charge in [-0.1, -0.05) is 34.8 Å².